The molecule has 1 aliphatic rings. The molecule has 0 aliphatic carbocycles. The van der Waals surface area contributed by atoms with Crippen LogP contribution in [0, 0.1) is 0 Å². The second-order valence-corrected chi connectivity index (χ2v) is 6.12. The van der Waals surface area contributed by atoms with Gasteiger partial charge in [0.15, 0.2) is 9.84 Å². The van der Waals surface area contributed by atoms with Crippen molar-refractivity contribution in [2.45, 2.75) is 25.8 Å². The molecule has 1 saturated heterocycles. The standard InChI is InChI=1S/C9H18N2O3S/c1-8(12)10-4-5-11-9-3-2-6-15(13,14)7-9/h9,11H,2-7H2,1H3,(H,10,12). The molecular weight excluding hydrogens is 216 g/mol. The SMILES string of the molecule is CC(=O)NCCNC1CCCS(=O)(=O)C1. The van der Waals surface area contributed by atoms with E-state index in [0.717, 1.165) is 12.8 Å². The highest BCUT2D eigenvalue weighted by atomic mass is 32.2. The number of carbonyl (C=O) groups excluding carboxylic acids is 1. The zero-order valence-electron chi connectivity index (χ0n) is 8.95. The molecule has 0 radical (unpaired) electrons. The molecule has 5 nitrogen and oxygen atoms in total. The molecule has 0 saturated carbocycles. The maximum Gasteiger partial charge on any atom is 0.216 e. The third-order valence-corrected chi connectivity index (χ3v) is 4.22. The second-order valence-electron chi connectivity index (χ2n) is 3.89. The normalized spacial score (nSPS) is 24.7. The lowest BCUT2D eigenvalue weighted by atomic mass is 10.2. The van der Waals surface area contributed by atoms with Crippen LogP contribution in [0.25, 0.3) is 0 Å². The Morgan fingerprint density at radius 1 is 1.40 bits per heavy atom. The van der Waals surface area contributed by atoms with E-state index in [4.69, 9.17) is 0 Å². The zero-order valence-corrected chi connectivity index (χ0v) is 9.77. The van der Waals surface area contributed by atoms with E-state index in [-0.39, 0.29) is 17.7 Å². The highest BCUT2D eigenvalue weighted by Crippen LogP contribution is 2.11. The number of rotatable bonds is 4. The molecule has 0 bridgehead atoms. The minimum atomic E-state index is -2.84. The second kappa shape index (κ2) is 5.46. The molecule has 1 rings (SSSR count). The van der Waals surface area contributed by atoms with Crippen molar-refractivity contribution in [1.29, 1.82) is 0 Å². The van der Waals surface area contributed by atoms with Gasteiger partial charge in [-0.05, 0) is 12.8 Å². The van der Waals surface area contributed by atoms with Gasteiger partial charge in [-0.15, -0.1) is 0 Å². The van der Waals surface area contributed by atoms with Crippen LogP contribution in [0.15, 0.2) is 0 Å². The molecule has 15 heavy (non-hydrogen) atoms. The average Bonchev–Trinajstić information content (AvgIpc) is 2.10. The minimum absolute atomic E-state index is 0.0532. The van der Waals surface area contributed by atoms with Gasteiger partial charge >= 0.3 is 0 Å². The Morgan fingerprint density at radius 3 is 2.73 bits per heavy atom. The number of amides is 1. The van der Waals surface area contributed by atoms with Crippen molar-refractivity contribution >= 4 is 15.7 Å². The van der Waals surface area contributed by atoms with Gasteiger partial charge in [0, 0.05) is 26.1 Å². The van der Waals surface area contributed by atoms with Crippen LogP contribution in [-0.2, 0) is 14.6 Å². The number of hydrogen-bond donors (Lipinski definition) is 2. The summed E-state index contributed by atoms with van der Waals surface area (Å²) in [4.78, 5) is 10.6. The van der Waals surface area contributed by atoms with E-state index in [1.54, 1.807) is 0 Å². The van der Waals surface area contributed by atoms with Crippen LogP contribution >= 0.6 is 0 Å². The van der Waals surface area contributed by atoms with E-state index in [1.165, 1.54) is 6.92 Å². The van der Waals surface area contributed by atoms with Crippen LogP contribution in [0.1, 0.15) is 19.8 Å². The Hall–Kier alpha value is -0.620. The van der Waals surface area contributed by atoms with E-state index in [9.17, 15) is 13.2 Å². The minimum Gasteiger partial charge on any atom is -0.355 e. The lowest BCUT2D eigenvalue weighted by molar-refractivity contribution is -0.118. The van der Waals surface area contributed by atoms with Crippen molar-refractivity contribution in [2.75, 3.05) is 24.6 Å². The number of nitrogens with one attached hydrogen (secondary N) is 2. The summed E-state index contributed by atoms with van der Waals surface area (Å²) in [6.45, 7) is 2.64. The van der Waals surface area contributed by atoms with Gasteiger partial charge in [0.25, 0.3) is 0 Å². The monoisotopic (exact) mass is 234 g/mol. The fraction of sp³-hybridized carbons (Fsp3) is 0.889. The van der Waals surface area contributed by atoms with Gasteiger partial charge in [-0.25, -0.2) is 8.42 Å². The Kier molecular flexibility index (Phi) is 4.53. The van der Waals surface area contributed by atoms with Crippen molar-refractivity contribution in [3.8, 4) is 0 Å². The van der Waals surface area contributed by atoms with Crippen molar-refractivity contribution < 1.29 is 13.2 Å². The molecule has 1 fully saturated rings. The lowest BCUT2D eigenvalue weighted by Crippen LogP contribution is -2.43. The van der Waals surface area contributed by atoms with E-state index in [1.807, 2.05) is 0 Å². The molecule has 88 valence electrons. The third-order valence-electron chi connectivity index (χ3n) is 2.40. The first kappa shape index (κ1) is 12.4. The van der Waals surface area contributed by atoms with Gasteiger partial charge in [0.2, 0.25) is 5.91 Å². The predicted molar refractivity (Wildman–Crippen MR) is 58.4 cm³/mol. The molecular formula is C9H18N2O3S. The third kappa shape index (κ3) is 5.13. The maximum absolute atomic E-state index is 11.3. The topological polar surface area (TPSA) is 75.3 Å². The fourth-order valence-electron chi connectivity index (χ4n) is 1.70. The molecule has 0 spiro atoms. The Labute approximate surface area is 90.5 Å². The number of carbonyl (C=O) groups is 1. The highest BCUT2D eigenvalue weighted by molar-refractivity contribution is 7.91. The number of sulfone groups is 1. The van der Waals surface area contributed by atoms with Gasteiger partial charge in [-0.3, -0.25) is 4.79 Å². The molecule has 0 aromatic rings. The first-order chi connectivity index (χ1) is 6.99. The van der Waals surface area contributed by atoms with Crippen molar-refractivity contribution in [3.05, 3.63) is 0 Å². The number of hydrogen-bond acceptors (Lipinski definition) is 4. The highest BCUT2D eigenvalue weighted by Gasteiger charge is 2.23. The molecule has 1 atom stereocenters. The molecule has 1 unspecified atom stereocenters. The van der Waals surface area contributed by atoms with Crippen LogP contribution < -0.4 is 10.6 Å². The fourth-order valence-corrected chi connectivity index (χ4v) is 3.37. The summed E-state index contributed by atoms with van der Waals surface area (Å²) in [5.41, 5.74) is 0. The van der Waals surface area contributed by atoms with E-state index in [2.05, 4.69) is 10.6 Å². The first-order valence-electron chi connectivity index (χ1n) is 5.18. The summed E-state index contributed by atoms with van der Waals surface area (Å²) in [5, 5.41) is 5.79. The van der Waals surface area contributed by atoms with Gasteiger partial charge in [-0.2, -0.15) is 0 Å². The summed E-state index contributed by atoms with van der Waals surface area (Å²) >= 11 is 0. The Bertz CT molecular complexity index is 313. The summed E-state index contributed by atoms with van der Waals surface area (Å²) in [6.07, 6.45) is 1.64. The van der Waals surface area contributed by atoms with Gasteiger partial charge in [-0.1, -0.05) is 0 Å². The molecule has 1 aliphatic heterocycles. The lowest BCUT2D eigenvalue weighted by Gasteiger charge is -2.23. The Morgan fingerprint density at radius 2 is 2.13 bits per heavy atom. The largest absolute Gasteiger partial charge is 0.355 e. The van der Waals surface area contributed by atoms with Crippen LogP contribution in [0.4, 0.5) is 0 Å². The van der Waals surface area contributed by atoms with Gasteiger partial charge in [0.1, 0.15) is 0 Å². The average molecular weight is 234 g/mol. The predicted octanol–water partition coefficient (Wildman–Crippen LogP) is -0.711. The van der Waals surface area contributed by atoms with Gasteiger partial charge < -0.3 is 10.6 Å². The summed E-state index contributed by atoms with van der Waals surface area (Å²) in [7, 11) is -2.84. The van der Waals surface area contributed by atoms with Crippen LogP contribution in [-0.4, -0.2) is 45.0 Å². The molecule has 1 heterocycles. The summed E-state index contributed by atoms with van der Waals surface area (Å²) in [6, 6.07) is 0.0532. The van der Waals surface area contributed by atoms with Crippen molar-refractivity contribution in [2.24, 2.45) is 0 Å². The van der Waals surface area contributed by atoms with Crippen LogP contribution in [0.5, 0.6) is 0 Å². The molecule has 1 amide bonds. The van der Waals surface area contributed by atoms with Gasteiger partial charge in [0.05, 0.1) is 11.5 Å². The van der Waals surface area contributed by atoms with Crippen LogP contribution in [0.2, 0.25) is 0 Å². The maximum atomic E-state index is 11.3. The van der Waals surface area contributed by atoms with E-state index in [0.29, 0.717) is 18.8 Å². The van der Waals surface area contributed by atoms with E-state index < -0.39 is 9.84 Å². The smallest absolute Gasteiger partial charge is 0.216 e. The summed E-state index contributed by atoms with van der Waals surface area (Å²) in [5.74, 6) is 0.484. The quantitative estimate of drug-likeness (QED) is 0.630. The first-order valence-corrected chi connectivity index (χ1v) is 7.00. The summed E-state index contributed by atoms with van der Waals surface area (Å²) < 4.78 is 22.6. The molecule has 2 N–H and O–H groups in total. The van der Waals surface area contributed by atoms with Crippen molar-refractivity contribution in [3.63, 3.8) is 0 Å². The molecule has 0 aromatic heterocycles. The van der Waals surface area contributed by atoms with Crippen molar-refractivity contribution in [1.82, 2.24) is 10.6 Å². The molecule has 0 aromatic carbocycles. The zero-order chi connectivity index (χ0) is 11.3. The van der Waals surface area contributed by atoms with Crippen LogP contribution in [0.3, 0.4) is 0 Å². The van der Waals surface area contributed by atoms with E-state index >= 15 is 0 Å². The Balaban J connectivity index is 2.19. The molecule has 6 heteroatoms.